The first-order chi connectivity index (χ1) is 24.6. The maximum Gasteiger partial charge on any atom is 0.289 e. The van der Waals surface area contributed by atoms with Crippen molar-refractivity contribution in [2.45, 2.75) is 75.9 Å². The number of hydrogen-bond acceptors (Lipinski definition) is 9. The van der Waals surface area contributed by atoms with Crippen LogP contribution in [0.2, 0.25) is 0 Å². The molecule has 1 aromatic carbocycles. The molecule has 11 N–H and O–H groups in total. The first-order valence-corrected chi connectivity index (χ1v) is 17.7. The molecule has 3 aromatic rings. The van der Waals surface area contributed by atoms with Crippen LogP contribution in [0.1, 0.15) is 72.4 Å². The maximum absolute atomic E-state index is 13.9. The lowest BCUT2D eigenvalue weighted by molar-refractivity contribution is -0.132. The van der Waals surface area contributed by atoms with E-state index in [1.807, 2.05) is 47.8 Å². The molecule has 0 aliphatic heterocycles. The average Bonchev–Trinajstić information content (AvgIpc) is 3.81. The Morgan fingerprint density at radius 2 is 1.65 bits per heavy atom. The number of anilines is 1. The van der Waals surface area contributed by atoms with Gasteiger partial charge in [-0.2, -0.15) is 4.98 Å². The first-order valence-electron chi connectivity index (χ1n) is 16.8. The third-order valence-corrected chi connectivity index (χ3v) is 9.15. The molecule has 3 atom stereocenters. The van der Waals surface area contributed by atoms with Crippen molar-refractivity contribution in [3.63, 3.8) is 0 Å². The van der Waals surface area contributed by atoms with Crippen molar-refractivity contribution in [1.82, 2.24) is 31.1 Å². The van der Waals surface area contributed by atoms with Crippen LogP contribution in [0.3, 0.4) is 0 Å². The number of thiophene rings is 1. The predicted molar refractivity (Wildman–Crippen MR) is 194 cm³/mol. The number of H-pyrrole nitrogens is 1. The molecule has 0 unspecified atom stereocenters. The second kappa shape index (κ2) is 19.6. The highest BCUT2D eigenvalue weighted by Gasteiger charge is 2.31. The number of aromatic amines is 1. The van der Waals surface area contributed by atoms with Crippen molar-refractivity contribution >= 4 is 58.9 Å². The highest BCUT2D eigenvalue weighted by Crippen LogP contribution is 2.27. The van der Waals surface area contributed by atoms with Gasteiger partial charge in [0, 0.05) is 23.9 Å². The molecule has 5 amide bonds. The molecule has 0 spiro atoms. The maximum atomic E-state index is 13.9. The lowest BCUT2D eigenvalue weighted by atomic mass is 9.84. The zero-order valence-corrected chi connectivity index (χ0v) is 29.0. The molecule has 1 fully saturated rings. The summed E-state index contributed by atoms with van der Waals surface area (Å²) in [6.45, 7) is 0.196. The summed E-state index contributed by atoms with van der Waals surface area (Å²) in [5.41, 5.74) is 17.3. The van der Waals surface area contributed by atoms with Gasteiger partial charge in [-0.15, -0.1) is 16.4 Å². The molecular weight excluding hydrogens is 675 g/mol. The summed E-state index contributed by atoms with van der Waals surface area (Å²) in [6.07, 6.45) is 8.77. The molecule has 0 bridgehead atoms. The summed E-state index contributed by atoms with van der Waals surface area (Å²) >= 11 is 1.47. The topological polar surface area (TPSA) is 265 Å². The monoisotopic (exact) mass is 719 g/mol. The van der Waals surface area contributed by atoms with Gasteiger partial charge in [0.25, 0.3) is 11.8 Å². The van der Waals surface area contributed by atoms with Gasteiger partial charge < -0.3 is 33.2 Å². The minimum atomic E-state index is -1.11. The Hall–Kier alpha value is -5.58. The number of nitrogens with two attached hydrogens (primary N) is 3. The van der Waals surface area contributed by atoms with E-state index in [1.54, 1.807) is 6.08 Å². The second-order valence-electron chi connectivity index (χ2n) is 12.3. The van der Waals surface area contributed by atoms with Gasteiger partial charge in [0.15, 0.2) is 5.96 Å². The standard InChI is InChI=1S/C34H45N11O5S/c35-28(47)25(19-21-9-3-1-4-10-21)40-30(48)24(14-7-17-38-33(36)37)39-31(49)26(20-22-11-5-2-6-12-22)41-32(50)29-43-34(45-44-29)42-27(46)16-15-23-13-8-18-51-23/h1,3-4,8-10,13,15-16,18,22,24-26H,2,5-7,11-12,14,17,19-20H2,(H2,35,47)(H,39,49)(H,40,48)(H,41,50)(H4,36,37,38)(H2,42,43,44,45,46)/b16-15+/t24-,25-,26-/m0/s1. The van der Waals surface area contributed by atoms with Gasteiger partial charge in [-0.25, -0.2) is 0 Å². The summed E-state index contributed by atoms with van der Waals surface area (Å²) < 4.78 is 0. The molecule has 17 heteroatoms. The van der Waals surface area contributed by atoms with Crippen LogP contribution < -0.4 is 38.5 Å². The minimum Gasteiger partial charge on any atom is -0.370 e. The molecule has 1 aliphatic carbocycles. The number of nitrogens with zero attached hydrogens (tertiary/aromatic N) is 3. The van der Waals surface area contributed by atoms with Gasteiger partial charge in [0.2, 0.25) is 29.5 Å². The minimum absolute atomic E-state index is 0.114. The molecule has 272 valence electrons. The third kappa shape index (κ3) is 13.0. The van der Waals surface area contributed by atoms with E-state index in [1.165, 1.54) is 17.4 Å². The summed E-state index contributed by atoms with van der Waals surface area (Å²) in [5, 5.41) is 19.0. The zero-order chi connectivity index (χ0) is 36.6. The molecule has 1 aliphatic rings. The van der Waals surface area contributed by atoms with Crippen LogP contribution in [0, 0.1) is 5.92 Å². The highest BCUT2D eigenvalue weighted by atomic mass is 32.1. The molecule has 51 heavy (non-hydrogen) atoms. The van der Waals surface area contributed by atoms with Crippen molar-refractivity contribution in [2.24, 2.45) is 28.1 Å². The number of hydrogen-bond donors (Lipinski definition) is 8. The lowest BCUT2D eigenvalue weighted by Crippen LogP contribution is -2.57. The summed E-state index contributed by atoms with van der Waals surface area (Å²) in [4.78, 5) is 74.4. The summed E-state index contributed by atoms with van der Waals surface area (Å²) in [6, 6.07) is 9.60. The Kier molecular flexibility index (Phi) is 14.7. The molecular formula is C34H45N11O5S. The van der Waals surface area contributed by atoms with E-state index in [0.717, 1.165) is 42.5 Å². The van der Waals surface area contributed by atoms with Crippen molar-refractivity contribution in [3.8, 4) is 0 Å². The largest absolute Gasteiger partial charge is 0.370 e. The number of amides is 5. The number of aromatic nitrogens is 3. The average molecular weight is 720 g/mol. The van der Waals surface area contributed by atoms with Gasteiger partial charge in [-0.05, 0) is 48.3 Å². The van der Waals surface area contributed by atoms with E-state index in [-0.39, 0.29) is 43.0 Å². The number of benzene rings is 1. The smallest absolute Gasteiger partial charge is 0.289 e. The van der Waals surface area contributed by atoms with Crippen LogP contribution in [0.4, 0.5) is 5.95 Å². The zero-order valence-electron chi connectivity index (χ0n) is 28.2. The van der Waals surface area contributed by atoms with Crippen molar-refractivity contribution in [2.75, 3.05) is 11.9 Å². The fraction of sp³-hybridized carbons (Fsp3) is 0.412. The molecule has 0 radical (unpaired) electrons. The first kappa shape index (κ1) is 38.2. The Balaban J connectivity index is 1.46. The van der Waals surface area contributed by atoms with E-state index in [0.29, 0.717) is 12.8 Å². The fourth-order valence-electron chi connectivity index (χ4n) is 5.72. The number of guanidine groups is 1. The van der Waals surface area contributed by atoms with Gasteiger partial charge in [-0.3, -0.25) is 39.4 Å². The van der Waals surface area contributed by atoms with Crippen LogP contribution in [0.25, 0.3) is 6.08 Å². The summed E-state index contributed by atoms with van der Waals surface area (Å²) in [5.74, 6) is -3.46. The van der Waals surface area contributed by atoms with Gasteiger partial charge in [0.05, 0.1) is 0 Å². The van der Waals surface area contributed by atoms with E-state index in [2.05, 4.69) is 41.4 Å². The van der Waals surface area contributed by atoms with Crippen LogP contribution in [0.5, 0.6) is 0 Å². The van der Waals surface area contributed by atoms with Crippen LogP contribution in [0.15, 0.2) is 58.9 Å². The van der Waals surface area contributed by atoms with Crippen molar-refractivity contribution in [1.29, 1.82) is 0 Å². The SMILES string of the molecule is NC(=O)[C@H](Cc1ccccc1)NC(=O)[C@H](CCCN=C(N)N)NC(=O)[C@H](CC1CCCCC1)NC(=O)c1nc(NC(=O)/C=C/c2cccs2)n[nH]1. The Morgan fingerprint density at radius 3 is 2.33 bits per heavy atom. The number of carbonyl (C=O) groups excluding carboxylic acids is 5. The quantitative estimate of drug-likeness (QED) is 0.0407. The molecule has 1 saturated carbocycles. The molecule has 16 nitrogen and oxygen atoms in total. The Labute approximate surface area is 299 Å². The van der Waals surface area contributed by atoms with E-state index in [9.17, 15) is 24.0 Å². The fourth-order valence-corrected chi connectivity index (χ4v) is 6.34. The second-order valence-corrected chi connectivity index (χ2v) is 13.3. The van der Waals surface area contributed by atoms with Crippen molar-refractivity contribution in [3.05, 3.63) is 70.2 Å². The number of aliphatic imine (C=N–C) groups is 1. The Morgan fingerprint density at radius 1 is 0.922 bits per heavy atom. The third-order valence-electron chi connectivity index (χ3n) is 8.31. The number of nitrogens with one attached hydrogen (secondary N) is 5. The highest BCUT2D eigenvalue weighted by molar-refractivity contribution is 7.10. The Bertz CT molecular complexity index is 1670. The summed E-state index contributed by atoms with van der Waals surface area (Å²) in [7, 11) is 0. The lowest BCUT2D eigenvalue weighted by Gasteiger charge is -2.28. The molecule has 4 rings (SSSR count). The van der Waals surface area contributed by atoms with Gasteiger partial charge in [-0.1, -0.05) is 68.5 Å². The van der Waals surface area contributed by atoms with Crippen LogP contribution in [-0.2, 0) is 25.6 Å². The molecule has 2 heterocycles. The van der Waals surface area contributed by atoms with Gasteiger partial charge in [0.1, 0.15) is 18.1 Å². The van der Waals surface area contributed by atoms with E-state index < -0.39 is 47.7 Å². The van der Waals surface area contributed by atoms with Crippen LogP contribution >= 0.6 is 11.3 Å². The van der Waals surface area contributed by atoms with E-state index in [4.69, 9.17) is 17.2 Å². The van der Waals surface area contributed by atoms with Crippen molar-refractivity contribution < 1.29 is 24.0 Å². The molecule has 2 aromatic heterocycles. The van der Waals surface area contributed by atoms with Crippen LogP contribution in [-0.4, -0.2) is 75.3 Å². The number of carbonyl (C=O) groups is 5. The van der Waals surface area contributed by atoms with E-state index >= 15 is 0 Å². The predicted octanol–water partition coefficient (Wildman–Crippen LogP) is 1.34. The number of primary amides is 1. The van der Waals surface area contributed by atoms with Gasteiger partial charge >= 0.3 is 0 Å². The normalized spacial score (nSPS) is 14.9. The molecule has 0 saturated heterocycles. The number of rotatable bonds is 18.